The van der Waals surface area contributed by atoms with Crippen LogP contribution < -0.4 is 5.32 Å². The molecule has 0 saturated carbocycles. The number of aliphatic hydroxyl groups excluding tert-OH is 1. The number of hydrogen-bond acceptors (Lipinski definition) is 4. The highest BCUT2D eigenvalue weighted by molar-refractivity contribution is 5.95. The molecule has 3 aromatic rings. The third kappa shape index (κ3) is 5.21. The summed E-state index contributed by atoms with van der Waals surface area (Å²) in [6.45, 7) is 5.30. The van der Waals surface area contributed by atoms with E-state index in [-0.39, 0.29) is 12.0 Å². The topological polar surface area (TPSA) is 70.4 Å². The van der Waals surface area contributed by atoms with Crippen LogP contribution in [0.5, 0.6) is 0 Å². The number of carbonyl (C=O) groups is 1. The monoisotopic (exact) mass is 418 g/mol. The van der Waals surface area contributed by atoms with Gasteiger partial charge in [-0.25, -0.2) is 4.68 Å². The highest BCUT2D eigenvalue weighted by Gasteiger charge is 2.18. The molecule has 1 aromatic heterocycles. The van der Waals surface area contributed by atoms with Gasteiger partial charge in [0, 0.05) is 26.2 Å². The Labute approximate surface area is 183 Å². The van der Waals surface area contributed by atoms with Gasteiger partial charge in [-0.2, -0.15) is 5.10 Å². The molecule has 1 amide bonds. The second-order valence-corrected chi connectivity index (χ2v) is 8.11. The van der Waals surface area contributed by atoms with E-state index >= 15 is 0 Å². The molecule has 1 fully saturated rings. The Balaban J connectivity index is 1.35. The van der Waals surface area contributed by atoms with E-state index in [9.17, 15) is 9.90 Å². The zero-order valence-electron chi connectivity index (χ0n) is 18.0. The molecule has 0 atom stereocenters. The van der Waals surface area contributed by atoms with Crippen LogP contribution >= 0.6 is 0 Å². The second-order valence-electron chi connectivity index (χ2n) is 8.11. The van der Waals surface area contributed by atoms with Crippen molar-refractivity contribution < 1.29 is 9.90 Å². The summed E-state index contributed by atoms with van der Waals surface area (Å²) in [6.07, 6.45) is 3.94. The van der Waals surface area contributed by atoms with Gasteiger partial charge < -0.3 is 10.4 Å². The van der Waals surface area contributed by atoms with Crippen molar-refractivity contribution in [3.05, 3.63) is 83.2 Å². The van der Waals surface area contributed by atoms with E-state index in [0.717, 1.165) is 55.8 Å². The smallest absolute Gasteiger partial charge is 0.255 e. The molecule has 6 heteroatoms. The quantitative estimate of drug-likeness (QED) is 0.618. The number of nitrogens with one attached hydrogen (secondary N) is 1. The second kappa shape index (κ2) is 9.90. The molecule has 0 unspecified atom stereocenters. The zero-order chi connectivity index (χ0) is 21.6. The first-order valence-corrected chi connectivity index (χ1v) is 11.0. The number of benzene rings is 2. The van der Waals surface area contributed by atoms with Crippen molar-refractivity contribution in [2.24, 2.45) is 0 Å². The molecule has 2 N–H and O–H groups in total. The van der Waals surface area contributed by atoms with Gasteiger partial charge >= 0.3 is 0 Å². The number of carbonyl (C=O) groups excluding carboxylic acids is 1. The maximum Gasteiger partial charge on any atom is 0.255 e. The van der Waals surface area contributed by atoms with Crippen molar-refractivity contribution in [2.75, 3.05) is 13.1 Å². The van der Waals surface area contributed by atoms with E-state index in [4.69, 9.17) is 0 Å². The van der Waals surface area contributed by atoms with Gasteiger partial charge in [0.05, 0.1) is 29.2 Å². The van der Waals surface area contributed by atoms with Gasteiger partial charge in [-0.3, -0.25) is 9.69 Å². The van der Waals surface area contributed by atoms with Crippen LogP contribution in [0, 0.1) is 0 Å². The number of piperidine rings is 1. The van der Waals surface area contributed by atoms with Crippen molar-refractivity contribution in [3.63, 3.8) is 0 Å². The number of amides is 1. The van der Waals surface area contributed by atoms with Crippen LogP contribution in [0.2, 0.25) is 0 Å². The maximum absolute atomic E-state index is 12.8. The van der Waals surface area contributed by atoms with Gasteiger partial charge in [0.2, 0.25) is 0 Å². The van der Waals surface area contributed by atoms with Crippen molar-refractivity contribution in [1.82, 2.24) is 20.0 Å². The van der Waals surface area contributed by atoms with E-state index in [1.807, 2.05) is 41.9 Å². The number of rotatable bonds is 7. The first kappa shape index (κ1) is 21.3. The molecule has 6 nitrogen and oxygen atoms in total. The Morgan fingerprint density at radius 2 is 1.74 bits per heavy atom. The normalized spacial score (nSPS) is 15.2. The molecular formula is C25H30N4O2. The van der Waals surface area contributed by atoms with Gasteiger partial charge in [-0.1, -0.05) is 49.4 Å². The minimum Gasteiger partial charge on any atom is -0.393 e. The maximum atomic E-state index is 12.8. The highest BCUT2D eigenvalue weighted by Crippen LogP contribution is 2.17. The first-order chi connectivity index (χ1) is 15.1. The fraction of sp³-hybridized carbons (Fsp3) is 0.360. The van der Waals surface area contributed by atoms with Crippen molar-refractivity contribution in [1.29, 1.82) is 0 Å². The van der Waals surface area contributed by atoms with E-state index < -0.39 is 0 Å². The molecule has 2 heterocycles. The molecule has 0 bridgehead atoms. The minimum atomic E-state index is -0.143. The summed E-state index contributed by atoms with van der Waals surface area (Å²) < 4.78 is 1.84. The molecule has 1 saturated heterocycles. The van der Waals surface area contributed by atoms with Crippen LogP contribution in [-0.4, -0.2) is 44.9 Å². The Bertz CT molecular complexity index is 990. The van der Waals surface area contributed by atoms with Crippen molar-refractivity contribution >= 4 is 5.91 Å². The van der Waals surface area contributed by atoms with Crippen molar-refractivity contribution in [2.45, 2.75) is 45.4 Å². The molecular weight excluding hydrogens is 388 g/mol. The van der Waals surface area contributed by atoms with Crippen LogP contribution in [-0.2, 0) is 19.5 Å². The predicted molar refractivity (Wildman–Crippen MR) is 121 cm³/mol. The lowest BCUT2D eigenvalue weighted by molar-refractivity contribution is 0.0792. The summed E-state index contributed by atoms with van der Waals surface area (Å²) in [5.41, 5.74) is 4.81. The molecule has 0 spiro atoms. The zero-order valence-corrected chi connectivity index (χ0v) is 18.0. The number of hydrogen-bond donors (Lipinski definition) is 2. The van der Waals surface area contributed by atoms with E-state index in [0.29, 0.717) is 12.1 Å². The van der Waals surface area contributed by atoms with Gasteiger partial charge in [0.15, 0.2) is 0 Å². The third-order valence-corrected chi connectivity index (χ3v) is 5.89. The third-order valence-electron chi connectivity index (χ3n) is 5.89. The van der Waals surface area contributed by atoms with Gasteiger partial charge in [0.25, 0.3) is 5.91 Å². The largest absolute Gasteiger partial charge is 0.393 e. The first-order valence-electron chi connectivity index (χ1n) is 11.0. The molecule has 0 aliphatic carbocycles. The van der Waals surface area contributed by atoms with E-state index in [1.54, 1.807) is 6.20 Å². The van der Waals surface area contributed by atoms with Crippen LogP contribution in [0.15, 0.2) is 60.8 Å². The summed E-state index contributed by atoms with van der Waals surface area (Å²) in [4.78, 5) is 15.2. The summed E-state index contributed by atoms with van der Waals surface area (Å²) in [6, 6.07) is 18.3. The number of para-hydroxylation sites is 1. The average molecular weight is 419 g/mol. The summed E-state index contributed by atoms with van der Waals surface area (Å²) >= 11 is 0. The highest BCUT2D eigenvalue weighted by atomic mass is 16.3. The van der Waals surface area contributed by atoms with Crippen LogP contribution in [0.3, 0.4) is 0 Å². The molecule has 2 aromatic carbocycles. The standard InChI is InChI=1S/C25H30N4O2/c1-2-24-23(17-27-29(24)21-6-4-3-5-7-21)25(31)26-16-19-8-10-20(11-9-19)18-28-14-12-22(30)13-15-28/h3-11,17,22,30H,2,12-16,18H2,1H3,(H,26,31). The van der Waals surface area contributed by atoms with E-state index in [1.165, 1.54) is 5.56 Å². The molecule has 1 aliphatic heterocycles. The Morgan fingerprint density at radius 3 is 2.42 bits per heavy atom. The lowest BCUT2D eigenvalue weighted by atomic mass is 10.1. The summed E-state index contributed by atoms with van der Waals surface area (Å²) in [5, 5.41) is 17.1. The number of aromatic nitrogens is 2. The average Bonchev–Trinajstić information content (AvgIpc) is 3.25. The van der Waals surface area contributed by atoms with Gasteiger partial charge in [-0.05, 0) is 42.5 Å². The fourth-order valence-electron chi connectivity index (χ4n) is 4.07. The molecule has 4 rings (SSSR count). The number of likely N-dealkylation sites (tertiary alicyclic amines) is 1. The Hall–Kier alpha value is -2.96. The Morgan fingerprint density at radius 1 is 1.06 bits per heavy atom. The molecule has 162 valence electrons. The summed E-state index contributed by atoms with van der Waals surface area (Å²) in [7, 11) is 0. The lowest BCUT2D eigenvalue weighted by Gasteiger charge is -2.29. The van der Waals surface area contributed by atoms with Crippen molar-refractivity contribution in [3.8, 4) is 5.69 Å². The molecule has 31 heavy (non-hydrogen) atoms. The number of aliphatic hydroxyl groups is 1. The van der Waals surface area contributed by atoms with Crippen LogP contribution in [0.25, 0.3) is 5.69 Å². The van der Waals surface area contributed by atoms with Crippen LogP contribution in [0.4, 0.5) is 0 Å². The van der Waals surface area contributed by atoms with Crippen LogP contribution in [0.1, 0.15) is 46.9 Å². The van der Waals surface area contributed by atoms with Gasteiger partial charge in [-0.15, -0.1) is 0 Å². The Kier molecular flexibility index (Phi) is 6.79. The predicted octanol–water partition coefficient (Wildman–Crippen LogP) is 3.32. The minimum absolute atomic E-state index is 0.102. The molecule has 1 aliphatic rings. The van der Waals surface area contributed by atoms with Gasteiger partial charge in [0.1, 0.15) is 0 Å². The number of nitrogens with zero attached hydrogens (tertiary/aromatic N) is 3. The SMILES string of the molecule is CCc1c(C(=O)NCc2ccc(CN3CCC(O)CC3)cc2)cnn1-c1ccccc1. The molecule has 0 radical (unpaired) electrons. The fourth-order valence-corrected chi connectivity index (χ4v) is 4.07. The lowest BCUT2D eigenvalue weighted by Crippen LogP contribution is -2.35. The van der Waals surface area contributed by atoms with E-state index in [2.05, 4.69) is 39.6 Å². The summed E-state index contributed by atoms with van der Waals surface area (Å²) in [5.74, 6) is -0.102.